The molecular weight excluding hydrogens is 390 g/mol. The molecule has 0 atom stereocenters. The summed E-state index contributed by atoms with van der Waals surface area (Å²) < 4.78 is 11.5. The molecule has 0 radical (unpaired) electrons. The minimum Gasteiger partial charge on any atom is -0.451 e. The third-order valence-corrected chi connectivity index (χ3v) is 4.87. The van der Waals surface area contributed by atoms with E-state index in [0.29, 0.717) is 33.4 Å². The summed E-state index contributed by atoms with van der Waals surface area (Å²) in [5.74, 6) is 0.342. The van der Waals surface area contributed by atoms with E-state index < -0.39 is 0 Å². The number of amides is 1. The number of benzene rings is 2. The van der Waals surface area contributed by atoms with Crippen LogP contribution < -0.4 is 5.32 Å². The average Bonchev–Trinajstić information content (AvgIpc) is 3.30. The van der Waals surface area contributed by atoms with Crippen LogP contribution in [0, 0.1) is 6.92 Å². The van der Waals surface area contributed by atoms with Gasteiger partial charge in [-0.2, -0.15) is 4.98 Å². The highest BCUT2D eigenvalue weighted by molar-refractivity contribution is 6.31. The zero-order valence-electron chi connectivity index (χ0n) is 15.3. The van der Waals surface area contributed by atoms with Crippen molar-refractivity contribution in [2.75, 3.05) is 5.32 Å². The van der Waals surface area contributed by atoms with Crippen LogP contribution in [-0.2, 0) is 0 Å². The van der Waals surface area contributed by atoms with E-state index in [1.54, 1.807) is 48.7 Å². The molecule has 0 aliphatic heterocycles. The molecule has 0 spiro atoms. The van der Waals surface area contributed by atoms with Gasteiger partial charge in [-0.15, -0.1) is 0 Å². The monoisotopic (exact) mass is 403 g/mol. The summed E-state index contributed by atoms with van der Waals surface area (Å²) in [6, 6.07) is 16.1. The molecule has 0 aliphatic rings. The van der Waals surface area contributed by atoms with Gasteiger partial charge in [0.1, 0.15) is 5.58 Å². The van der Waals surface area contributed by atoms with Gasteiger partial charge in [0, 0.05) is 33.4 Å². The van der Waals surface area contributed by atoms with Gasteiger partial charge in [-0.05, 0) is 55.5 Å². The van der Waals surface area contributed by atoms with Crippen LogP contribution in [0.2, 0.25) is 5.02 Å². The molecule has 0 fully saturated rings. The van der Waals surface area contributed by atoms with E-state index in [1.165, 1.54) is 0 Å². The quantitative estimate of drug-likeness (QED) is 0.408. The van der Waals surface area contributed by atoms with Gasteiger partial charge in [0.05, 0.1) is 0 Å². The second kappa shape index (κ2) is 6.76. The number of nitrogens with zero attached hydrogens (tertiary/aromatic N) is 2. The van der Waals surface area contributed by atoms with Crippen molar-refractivity contribution in [2.24, 2.45) is 0 Å². The number of nitrogens with one attached hydrogen (secondary N) is 1. The lowest BCUT2D eigenvalue weighted by Crippen LogP contribution is -2.12. The van der Waals surface area contributed by atoms with E-state index in [9.17, 15) is 4.79 Å². The Hall–Kier alpha value is -3.64. The van der Waals surface area contributed by atoms with Gasteiger partial charge >= 0.3 is 0 Å². The first-order chi connectivity index (χ1) is 14.1. The van der Waals surface area contributed by atoms with Crippen molar-refractivity contribution >= 4 is 45.4 Å². The molecule has 7 heteroatoms. The van der Waals surface area contributed by atoms with E-state index in [4.69, 9.17) is 20.4 Å². The molecule has 2 aromatic carbocycles. The molecule has 0 unspecified atom stereocenters. The molecule has 29 heavy (non-hydrogen) atoms. The number of pyridine rings is 1. The first kappa shape index (κ1) is 17.5. The first-order valence-electron chi connectivity index (χ1n) is 8.90. The average molecular weight is 404 g/mol. The van der Waals surface area contributed by atoms with Crippen LogP contribution in [0.5, 0.6) is 0 Å². The first-order valence-corrected chi connectivity index (χ1v) is 9.28. The predicted molar refractivity (Wildman–Crippen MR) is 111 cm³/mol. The Balaban J connectivity index is 1.46. The highest BCUT2D eigenvalue weighted by Crippen LogP contribution is 2.29. The fourth-order valence-corrected chi connectivity index (χ4v) is 3.39. The fraction of sp³-hybridized carbons (Fsp3) is 0.0455. The molecule has 0 saturated carbocycles. The zero-order chi connectivity index (χ0) is 20.0. The van der Waals surface area contributed by atoms with Crippen LogP contribution in [0.4, 0.5) is 5.69 Å². The van der Waals surface area contributed by atoms with Crippen LogP contribution >= 0.6 is 11.6 Å². The Morgan fingerprint density at radius 2 is 1.93 bits per heavy atom. The van der Waals surface area contributed by atoms with Gasteiger partial charge in [-0.25, -0.2) is 4.98 Å². The van der Waals surface area contributed by atoms with Crippen LogP contribution in [-0.4, -0.2) is 15.9 Å². The van der Waals surface area contributed by atoms with Crippen LogP contribution in [0.25, 0.3) is 33.7 Å². The fourth-order valence-electron chi connectivity index (χ4n) is 3.22. The maximum Gasteiger partial charge on any atom is 0.291 e. The smallest absolute Gasteiger partial charge is 0.291 e. The molecule has 3 heterocycles. The number of hydrogen-bond acceptors (Lipinski definition) is 5. The normalized spacial score (nSPS) is 11.2. The van der Waals surface area contributed by atoms with Crippen molar-refractivity contribution < 1.29 is 13.6 Å². The molecular formula is C22H14ClN3O3. The summed E-state index contributed by atoms with van der Waals surface area (Å²) in [4.78, 5) is 21.4. The van der Waals surface area contributed by atoms with E-state index >= 15 is 0 Å². The van der Waals surface area contributed by atoms with E-state index in [-0.39, 0.29) is 11.7 Å². The van der Waals surface area contributed by atoms with Crippen molar-refractivity contribution in [3.8, 4) is 11.5 Å². The number of fused-ring (bicyclic) bond motifs is 2. The molecule has 3 aromatic heterocycles. The Bertz CT molecular complexity index is 1350. The maximum absolute atomic E-state index is 12.8. The predicted octanol–water partition coefficient (Wildman–Crippen LogP) is 5.85. The largest absolute Gasteiger partial charge is 0.451 e. The topological polar surface area (TPSA) is 81.2 Å². The number of carbonyl (C=O) groups excluding carboxylic acids is 1. The van der Waals surface area contributed by atoms with E-state index in [2.05, 4.69) is 15.3 Å². The number of furan rings is 1. The summed E-state index contributed by atoms with van der Waals surface area (Å²) >= 11 is 6.05. The number of aryl methyl sites for hydroxylation is 1. The Labute approximate surface area is 170 Å². The van der Waals surface area contributed by atoms with Crippen LogP contribution in [0.1, 0.15) is 16.1 Å². The summed E-state index contributed by atoms with van der Waals surface area (Å²) in [7, 11) is 0. The van der Waals surface area contributed by atoms with Gasteiger partial charge in [0.2, 0.25) is 5.89 Å². The molecule has 142 valence electrons. The van der Waals surface area contributed by atoms with Crippen molar-refractivity contribution in [3.63, 3.8) is 0 Å². The van der Waals surface area contributed by atoms with Gasteiger partial charge in [-0.1, -0.05) is 17.7 Å². The standard InChI is InChI=1S/C22H14ClN3O3/c1-12-16-11-14(23)7-8-17(16)28-19(12)21(27)25-15-5-2-4-13(10-15)22-26-20-18(29-22)6-3-9-24-20/h2-11H,1H3,(H,25,27). The van der Waals surface area contributed by atoms with Gasteiger partial charge in [0.15, 0.2) is 17.0 Å². The van der Waals surface area contributed by atoms with Gasteiger partial charge in [0.25, 0.3) is 5.91 Å². The maximum atomic E-state index is 12.8. The minimum absolute atomic E-state index is 0.249. The lowest BCUT2D eigenvalue weighted by molar-refractivity contribution is 0.0998. The number of carbonyl (C=O) groups is 1. The van der Waals surface area contributed by atoms with Crippen molar-refractivity contribution in [1.29, 1.82) is 0 Å². The second-order valence-corrected chi connectivity index (χ2v) is 7.01. The molecule has 1 amide bonds. The highest BCUT2D eigenvalue weighted by Gasteiger charge is 2.18. The molecule has 0 bridgehead atoms. The van der Waals surface area contributed by atoms with Gasteiger partial charge < -0.3 is 14.2 Å². The lowest BCUT2D eigenvalue weighted by atomic mass is 10.1. The van der Waals surface area contributed by atoms with E-state index in [0.717, 1.165) is 16.5 Å². The Morgan fingerprint density at radius 1 is 1.03 bits per heavy atom. The second-order valence-electron chi connectivity index (χ2n) is 6.58. The van der Waals surface area contributed by atoms with Crippen LogP contribution in [0.3, 0.4) is 0 Å². The number of oxazole rings is 1. The lowest BCUT2D eigenvalue weighted by Gasteiger charge is -2.05. The SMILES string of the molecule is Cc1c(C(=O)Nc2cccc(-c3nc4ncccc4o3)c2)oc2ccc(Cl)cc12. The Morgan fingerprint density at radius 3 is 2.79 bits per heavy atom. The van der Waals surface area contributed by atoms with Crippen molar-refractivity contribution in [2.45, 2.75) is 6.92 Å². The summed E-state index contributed by atoms with van der Waals surface area (Å²) in [6.07, 6.45) is 1.66. The number of hydrogen-bond donors (Lipinski definition) is 1. The van der Waals surface area contributed by atoms with Gasteiger partial charge in [-0.3, -0.25) is 4.79 Å². The molecule has 0 saturated heterocycles. The number of rotatable bonds is 3. The Kier molecular flexibility index (Phi) is 4.07. The molecule has 1 N–H and O–H groups in total. The third kappa shape index (κ3) is 3.13. The van der Waals surface area contributed by atoms with Crippen molar-refractivity contribution in [1.82, 2.24) is 9.97 Å². The number of aromatic nitrogens is 2. The zero-order valence-corrected chi connectivity index (χ0v) is 16.0. The summed E-state index contributed by atoms with van der Waals surface area (Å²) in [5, 5.41) is 4.27. The van der Waals surface area contributed by atoms with E-state index in [1.807, 2.05) is 19.1 Å². The molecule has 5 aromatic rings. The van der Waals surface area contributed by atoms with Crippen LogP contribution in [0.15, 0.2) is 69.6 Å². The highest BCUT2D eigenvalue weighted by atomic mass is 35.5. The van der Waals surface area contributed by atoms with Crippen molar-refractivity contribution in [3.05, 3.63) is 77.1 Å². The summed E-state index contributed by atoms with van der Waals surface area (Å²) in [5.41, 5.74) is 3.82. The molecule has 6 nitrogen and oxygen atoms in total. The minimum atomic E-state index is -0.341. The third-order valence-electron chi connectivity index (χ3n) is 4.64. The molecule has 0 aliphatic carbocycles. The molecule has 5 rings (SSSR count). The number of halogens is 1. The number of anilines is 1. The summed E-state index contributed by atoms with van der Waals surface area (Å²) in [6.45, 7) is 1.83.